The van der Waals surface area contributed by atoms with Crippen molar-refractivity contribution < 1.29 is 0 Å². The zero-order valence-electron chi connectivity index (χ0n) is 9.09. The van der Waals surface area contributed by atoms with Gasteiger partial charge in [-0.1, -0.05) is 24.3 Å². The third kappa shape index (κ3) is 1.75. The molecule has 2 nitrogen and oxygen atoms in total. The molecule has 0 saturated carbocycles. The zero-order chi connectivity index (χ0) is 10.7. The van der Waals surface area contributed by atoms with Gasteiger partial charge in [0.15, 0.2) is 0 Å². The van der Waals surface area contributed by atoms with Crippen LogP contribution in [0.3, 0.4) is 0 Å². The smallest absolute Gasteiger partial charge is 0.0849 e. The van der Waals surface area contributed by atoms with Crippen molar-refractivity contribution in [1.29, 1.82) is 5.26 Å². The number of nitrogens with zero attached hydrogens (tertiary/aromatic N) is 1. The van der Waals surface area contributed by atoms with Gasteiger partial charge in [-0.25, -0.2) is 0 Å². The van der Waals surface area contributed by atoms with Crippen molar-refractivity contribution in [1.82, 2.24) is 5.32 Å². The summed E-state index contributed by atoms with van der Waals surface area (Å²) in [7, 11) is 0. The average Bonchev–Trinajstić information content (AvgIpc) is 2.30. The Kier molecular flexibility index (Phi) is 2.75. The molecule has 1 saturated heterocycles. The first-order chi connectivity index (χ1) is 7.28. The van der Waals surface area contributed by atoms with Crippen molar-refractivity contribution in [2.75, 3.05) is 13.1 Å². The summed E-state index contributed by atoms with van der Waals surface area (Å²) < 4.78 is 0. The van der Waals surface area contributed by atoms with E-state index in [4.69, 9.17) is 0 Å². The van der Waals surface area contributed by atoms with Gasteiger partial charge in [-0.05, 0) is 44.0 Å². The van der Waals surface area contributed by atoms with Crippen molar-refractivity contribution in [3.8, 4) is 6.07 Å². The van der Waals surface area contributed by atoms with E-state index in [0.717, 1.165) is 25.9 Å². The van der Waals surface area contributed by atoms with E-state index in [1.807, 2.05) is 12.1 Å². The minimum atomic E-state index is -0.253. The van der Waals surface area contributed by atoms with Crippen LogP contribution in [0.4, 0.5) is 0 Å². The zero-order valence-corrected chi connectivity index (χ0v) is 9.09. The molecule has 1 aliphatic rings. The second-order valence-corrected chi connectivity index (χ2v) is 4.26. The van der Waals surface area contributed by atoms with Crippen LogP contribution in [0.2, 0.25) is 0 Å². The van der Waals surface area contributed by atoms with Gasteiger partial charge in [-0.3, -0.25) is 0 Å². The Morgan fingerprint density at radius 1 is 1.27 bits per heavy atom. The van der Waals surface area contributed by atoms with Crippen molar-refractivity contribution in [2.45, 2.75) is 25.2 Å². The summed E-state index contributed by atoms with van der Waals surface area (Å²) in [5.74, 6) is 0. The van der Waals surface area contributed by atoms with Crippen LogP contribution in [0.5, 0.6) is 0 Å². The SMILES string of the molecule is Cc1ccccc1C1(C#N)CCNCC1. The van der Waals surface area contributed by atoms with Gasteiger partial charge in [0.25, 0.3) is 0 Å². The van der Waals surface area contributed by atoms with Gasteiger partial charge in [0, 0.05) is 0 Å². The molecule has 0 bridgehead atoms. The van der Waals surface area contributed by atoms with Gasteiger partial charge in [0.05, 0.1) is 11.5 Å². The van der Waals surface area contributed by atoms with Gasteiger partial charge in [0.1, 0.15) is 0 Å². The maximum absolute atomic E-state index is 9.44. The Hall–Kier alpha value is -1.33. The second kappa shape index (κ2) is 4.04. The molecule has 1 aromatic rings. The lowest BCUT2D eigenvalue weighted by Gasteiger charge is -2.32. The molecule has 0 atom stereocenters. The van der Waals surface area contributed by atoms with Gasteiger partial charge in [-0.2, -0.15) is 5.26 Å². The van der Waals surface area contributed by atoms with Crippen LogP contribution in [0.15, 0.2) is 24.3 Å². The molecule has 2 heteroatoms. The topological polar surface area (TPSA) is 35.8 Å². The molecular weight excluding hydrogens is 184 g/mol. The highest BCUT2D eigenvalue weighted by atomic mass is 14.9. The quantitative estimate of drug-likeness (QED) is 0.754. The summed E-state index contributed by atoms with van der Waals surface area (Å²) in [5, 5.41) is 12.8. The minimum absolute atomic E-state index is 0.253. The Labute approximate surface area is 90.9 Å². The fourth-order valence-corrected chi connectivity index (χ4v) is 2.40. The molecular formula is C13H16N2. The number of hydrogen-bond acceptors (Lipinski definition) is 2. The first-order valence-electron chi connectivity index (χ1n) is 5.47. The number of nitriles is 1. The maximum Gasteiger partial charge on any atom is 0.0849 e. The third-order valence-corrected chi connectivity index (χ3v) is 3.33. The van der Waals surface area contributed by atoms with Crippen molar-refractivity contribution in [2.24, 2.45) is 0 Å². The Morgan fingerprint density at radius 2 is 1.93 bits per heavy atom. The van der Waals surface area contributed by atoms with Gasteiger partial charge in [-0.15, -0.1) is 0 Å². The molecule has 1 aromatic carbocycles. The van der Waals surface area contributed by atoms with Gasteiger partial charge < -0.3 is 5.32 Å². The molecule has 1 aliphatic heterocycles. The lowest BCUT2D eigenvalue weighted by atomic mass is 9.73. The molecule has 0 aromatic heterocycles. The molecule has 0 spiro atoms. The maximum atomic E-state index is 9.44. The van der Waals surface area contributed by atoms with E-state index in [-0.39, 0.29) is 5.41 Å². The molecule has 0 aliphatic carbocycles. The standard InChI is InChI=1S/C13H16N2/c1-11-4-2-3-5-12(11)13(10-14)6-8-15-9-7-13/h2-5,15H,6-9H2,1H3. The van der Waals surface area contributed by atoms with E-state index in [1.54, 1.807) is 0 Å². The molecule has 0 unspecified atom stereocenters. The van der Waals surface area contributed by atoms with Crippen LogP contribution in [0, 0.1) is 18.3 Å². The number of nitrogens with one attached hydrogen (secondary N) is 1. The summed E-state index contributed by atoms with van der Waals surface area (Å²) in [6.07, 6.45) is 1.85. The largest absolute Gasteiger partial charge is 0.317 e. The number of rotatable bonds is 1. The van der Waals surface area contributed by atoms with Crippen LogP contribution in [0.1, 0.15) is 24.0 Å². The van der Waals surface area contributed by atoms with Crippen molar-refractivity contribution in [3.05, 3.63) is 35.4 Å². The summed E-state index contributed by atoms with van der Waals surface area (Å²) in [5.41, 5.74) is 2.20. The lowest BCUT2D eigenvalue weighted by Crippen LogP contribution is -2.39. The first-order valence-corrected chi connectivity index (χ1v) is 5.47. The number of aryl methyl sites for hydroxylation is 1. The fraction of sp³-hybridized carbons (Fsp3) is 0.462. The summed E-state index contributed by atoms with van der Waals surface area (Å²) in [4.78, 5) is 0. The molecule has 1 heterocycles. The molecule has 1 N–H and O–H groups in total. The third-order valence-electron chi connectivity index (χ3n) is 3.33. The number of benzene rings is 1. The van der Waals surface area contributed by atoms with Gasteiger partial charge >= 0.3 is 0 Å². The minimum Gasteiger partial charge on any atom is -0.317 e. The van der Waals surface area contributed by atoms with Crippen LogP contribution in [-0.2, 0) is 5.41 Å². The van der Waals surface area contributed by atoms with E-state index >= 15 is 0 Å². The summed E-state index contributed by atoms with van der Waals surface area (Å²) in [6, 6.07) is 10.8. The Bertz CT molecular complexity index is 384. The normalized spacial score (nSPS) is 19.5. The molecule has 1 fully saturated rings. The van der Waals surface area contributed by atoms with Gasteiger partial charge in [0.2, 0.25) is 0 Å². The molecule has 0 radical (unpaired) electrons. The monoisotopic (exact) mass is 200 g/mol. The second-order valence-electron chi connectivity index (χ2n) is 4.26. The van der Waals surface area contributed by atoms with E-state index in [0.29, 0.717) is 0 Å². The molecule has 78 valence electrons. The van der Waals surface area contributed by atoms with Crippen molar-refractivity contribution in [3.63, 3.8) is 0 Å². The highest BCUT2D eigenvalue weighted by Gasteiger charge is 2.34. The Morgan fingerprint density at radius 3 is 2.53 bits per heavy atom. The van der Waals surface area contributed by atoms with E-state index in [2.05, 4.69) is 30.4 Å². The molecule has 2 rings (SSSR count). The van der Waals surface area contributed by atoms with Crippen LogP contribution in [-0.4, -0.2) is 13.1 Å². The molecule has 15 heavy (non-hydrogen) atoms. The predicted molar refractivity (Wildman–Crippen MR) is 60.6 cm³/mol. The number of piperidine rings is 1. The average molecular weight is 200 g/mol. The van der Waals surface area contributed by atoms with E-state index in [1.165, 1.54) is 11.1 Å². The lowest BCUT2D eigenvalue weighted by molar-refractivity contribution is 0.381. The predicted octanol–water partition coefficient (Wildman–Crippen LogP) is 2.14. The van der Waals surface area contributed by atoms with E-state index < -0.39 is 0 Å². The number of hydrogen-bond donors (Lipinski definition) is 1. The summed E-state index contributed by atoms with van der Waals surface area (Å²) >= 11 is 0. The summed E-state index contributed by atoms with van der Waals surface area (Å²) in [6.45, 7) is 3.99. The van der Waals surface area contributed by atoms with Crippen LogP contribution < -0.4 is 5.32 Å². The highest BCUT2D eigenvalue weighted by molar-refractivity contribution is 5.39. The first kappa shape index (κ1) is 10.2. The fourth-order valence-electron chi connectivity index (χ4n) is 2.40. The van der Waals surface area contributed by atoms with E-state index in [9.17, 15) is 5.26 Å². The highest BCUT2D eigenvalue weighted by Crippen LogP contribution is 2.34. The van der Waals surface area contributed by atoms with Crippen molar-refractivity contribution >= 4 is 0 Å². The van der Waals surface area contributed by atoms with Crippen LogP contribution in [0.25, 0.3) is 0 Å². The Balaban J connectivity index is 2.42. The van der Waals surface area contributed by atoms with Crippen LogP contribution >= 0.6 is 0 Å². The molecule has 0 amide bonds.